The molecule has 0 bridgehead atoms. The van der Waals surface area contributed by atoms with E-state index in [0.29, 0.717) is 24.2 Å². The van der Waals surface area contributed by atoms with Crippen LogP contribution in [-0.4, -0.2) is 23.9 Å². The van der Waals surface area contributed by atoms with Crippen molar-refractivity contribution in [3.63, 3.8) is 0 Å². The van der Waals surface area contributed by atoms with Crippen molar-refractivity contribution in [2.24, 2.45) is 5.92 Å². The van der Waals surface area contributed by atoms with Gasteiger partial charge in [-0.05, 0) is 43.0 Å². The second kappa shape index (κ2) is 7.69. The molecule has 6 nitrogen and oxygen atoms in total. The predicted octanol–water partition coefficient (Wildman–Crippen LogP) is 4.36. The Morgan fingerprint density at radius 1 is 1.26 bits per heavy atom. The van der Waals surface area contributed by atoms with Crippen LogP contribution in [0.2, 0.25) is 0 Å². The first kappa shape index (κ1) is 18.8. The molecule has 1 amide bonds. The number of nitrogens with zero attached hydrogens (tertiary/aromatic N) is 2. The highest BCUT2D eigenvalue weighted by Crippen LogP contribution is 2.32. The van der Waals surface area contributed by atoms with Crippen molar-refractivity contribution < 1.29 is 18.5 Å². The molecule has 8 heteroatoms. The second-order valence-electron chi connectivity index (χ2n) is 6.73. The maximum Gasteiger partial charge on any atom is 0.293 e. The molecular formula is C19H19F2N3O3. The van der Waals surface area contributed by atoms with Crippen molar-refractivity contribution in [3.05, 3.63) is 63.7 Å². The number of hydrogen-bond donors (Lipinski definition) is 1. The highest BCUT2D eigenvalue weighted by atomic mass is 19.1. The van der Waals surface area contributed by atoms with Gasteiger partial charge >= 0.3 is 0 Å². The monoisotopic (exact) mass is 375 g/mol. The Morgan fingerprint density at radius 3 is 2.70 bits per heavy atom. The molecule has 0 aromatic heterocycles. The molecule has 0 radical (unpaired) electrons. The van der Waals surface area contributed by atoms with E-state index in [1.54, 1.807) is 6.07 Å². The molecule has 27 heavy (non-hydrogen) atoms. The summed E-state index contributed by atoms with van der Waals surface area (Å²) in [6, 6.07) is 6.97. The van der Waals surface area contributed by atoms with Gasteiger partial charge < -0.3 is 10.2 Å². The van der Waals surface area contributed by atoms with Crippen LogP contribution in [0, 0.1) is 27.7 Å². The molecule has 142 valence electrons. The summed E-state index contributed by atoms with van der Waals surface area (Å²) in [7, 11) is 0. The van der Waals surface area contributed by atoms with E-state index in [1.165, 1.54) is 12.1 Å². The van der Waals surface area contributed by atoms with E-state index in [1.807, 2.05) is 4.90 Å². The molecule has 1 unspecified atom stereocenters. The molecule has 2 aromatic carbocycles. The minimum atomic E-state index is -0.920. The van der Waals surface area contributed by atoms with Crippen molar-refractivity contribution >= 4 is 23.0 Å². The average Bonchev–Trinajstić information content (AvgIpc) is 2.63. The summed E-state index contributed by atoms with van der Waals surface area (Å²) in [4.78, 5) is 25.3. The predicted molar refractivity (Wildman–Crippen MR) is 98.0 cm³/mol. The van der Waals surface area contributed by atoms with E-state index in [0.717, 1.165) is 31.5 Å². The third-order valence-corrected chi connectivity index (χ3v) is 4.61. The highest BCUT2D eigenvalue weighted by molar-refractivity contribution is 6.05. The Hall–Kier alpha value is -3.03. The summed E-state index contributed by atoms with van der Waals surface area (Å²) in [5.41, 5.74) is 0.129. The fourth-order valence-corrected chi connectivity index (χ4v) is 3.27. The number of hydrogen-bond acceptors (Lipinski definition) is 4. The van der Waals surface area contributed by atoms with E-state index in [9.17, 15) is 23.7 Å². The van der Waals surface area contributed by atoms with Crippen LogP contribution in [0.3, 0.4) is 0 Å². The van der Waals surface area contributed by atoms with Gasteiger partial charge in [-0.1, -0.05) is 6.92 Å². The zero-order valence-corrected chi connectivity index (χ0v) is 14.7. The minimum absolute atomic E-state index is 0.0271. The Balaban J connectivity index is 1.86. The molecule has 0 aliphatic carbocycles. The summed E-state index contributed by atoms with van der Waals surface area (Å²) in [6.07, 6.45) is 2.03. The van der Waals surface area contributed by atoms with E-state index in [2.05, 4.69) is 12.2 Å². The van der Waals surface area contributed by atoms with Crippen molar-refractivity contribution in [1.29, 1.82) is 0 Å². The molecule has 1 saturated heterocycles. The molecule has 1 aliphatic heterocycles. The molecule has 1 aliphatic rings. The molecule has 1 fully saturated rings. The zero-order chi connectivity index (χ0) is 19.6. The number of nitro benzene ring substituents is 1. The number of carbonyl (C=O) groups is 1. The first-order valence-corrected chi connectivity index (χ1v) is 8.65. The van der Waals surface area contributed by atoms with Crippen molar-refractivity contribution in [2.75, 3.05) is 23.3 Å². The third kappa shape index (κ3) is 4.21. The average molecular weight is 375 g/mol. The van der Waals surface area contributed by atoms with Gasteiger partial charge in [-0.25, -0.2) is 8.78 Å². The van der Waals surface area contributed by atoms with Crippen LogP contribution < -0.4 is 10.2 Å². The van der Waals surface area contributed by atoms with E-state index < -0.39 is 22.5 Å². The third-order valence-electron chi connectivity index (χ3n) is 4.61. The van der Waals surface area contributed by atoms with E-state index in [4.69, 9.17) is 0 Å². The fourth-order valence-electron chi connectivity index (χ4n) is 3.27. The van der Waals surface area contributed by atoms with Crippen LogP contribution in [0.4, 0.5) is 25.8 Å². The van der Waals surface area contributed by atoms with Gasteiger partial charge in [0.25, 0.3) is 11.6 Å². The van der Waals surface area contributed by atoms with E-state index in [-0.39, 0.29) is 16.9 Å². The standard InChI is InChI=1S/C19H19F2N3O3/c1-12-3-2-8-23(11-12)17-7-4-13(9-18(17)24(26)27)19(25)22-16-6-5-14(20)10-15(16)21/h4-7,9-10,12H,2-3,8,11H2,1H3,(H,22,25). The minimum Gasteiger partial charge on any atom is -0.366 e. The van der Waals surface area contributed by atoms with Gasteiger partial charge in [0.05, 0.1) is 10.6 Å². The fraction of sp³-hybridized carbons (Fsp3) is 0.316. The molecule has 1 atom stereocenters. The first-order valence-electron chi connectivity index (χ1n) is 8.65. The molecule has 2 aromatic rings. The van der Waals surface area contributed by atoms with Gasteiger partial charge in [0, 0.05) is 30.8 Å². The van der Waals surface area contributed by atoms with Crippen molar-refractivity contribution in [3.8, 4) is 0 Å². The number of anilines is 2. The summed E-state index contributed by atoms with van der Waals surface area (Å²) >= 11 is 0. The van der Waals surface area contributed by atoms with Crippen LogP contribution >= 0.6 is 0 Å². The molecule has 3 rings (SSSR count). The Labute approximate surface area is 154 Å². The maximum atomic E-state index is 13.7. The largest absolute Gasteiger partial charge is 0.366 e. The molecular weight excluding hydrogens is 356 g/mol. The Morgan fingerprint density at radius 2 is 2.04 bits per heavy atom. The summed E-state index contributed by atoms with van der Waals surface area (Å²) in [5, 5.41) is 13.8. The smallest absolute Gasteiger partial charge is 0.293 e. The molecule has 1 heterocycles. The normalized spacial score (nSPS) is 16.9. The quantitative estimate of drug-likeness (QED) is 0.636. The Kier molecular flexibility index (Phi) is 5.34. The van der Waals surface area contributed by atoms with Gasteiger partial charge in [0.2, 0.25) is 0 Å². The van der Waals surface area contributed by atoms with Crippen LogP contribution in [0.25, 0.3) is 0 Å². The maximum absolute atomic E-state index is 13.7. The van der Waals surface area contributed by atoms with Gasteiger partial charge in [0.15, 0.2) is 0 Å². The number of piperidine rings is 1. The second-order valence-corrected chi connectivity index (χ2v) is 6.73. The van der Waals surface area contributed by atoms with Crippen molar-refractivity contribution in [1.82, 2.24) is 0 Å². The van der Waals surface area contributed by atoms with Gasteiger partial charge in [-0.2, -0.15) is 0 Å². The lowest BCUT2D eigenvalue weighted by Gasteiger charge is -2.32. The van der Waals surface area contributed by atoms with Crippen LogP contribution in [0.15, 0.2) is 36.4 Å². The molecule has 1 N–H and O–H groups in total. The van der Waals surface area contributed by atoms with Crippen LogP contribution in [-0.2, 0) is 0 Å². The number of rotatable bonds is 4. The summed E-state index contributed by atoms with van der Waals surface area (Å²) in [5.74, 6) is -1.96. The lowest BCUT2D eigenvalue weighted by molar-refractivity contribution is -0.384. The topological polar surface area (TPSA) is 75.5 Å². The van der Waals surface area contributed by atoms with Gasteiger partial charge in [0.1, 0.15) is 17.3 Å². The number of halogens is 2. The highest BCUT2D eigenvalue weighted by Gasteiger charge is 2.25. The van der Waals surface area contributed by atoms with Crippen molar-refractivity contribution in [2.45, 2.75) is 19.8 Å². The number of nitro groups is 1. The van der Waals surface area contributed by atoms with Crippen LogP contribution in [0.1, 0.15) is 30.1 Å². The summed E-state index contributed by atoms with van der Waals surface area (Å²) < 4.78 is 26.7. The lowest BCUT2D eigenvalue weighted by atomic mass is 9.99. The number of benzene rings is 2. The first-order chi connectivity index (χ1) is 12.8. The number of carbonyl (C=O) groups excluding carboxylic acids is 1. The summed E-state index contributed by atoms with van der Waals surface area (Å²) in [6.45, 7) is 3.53. The van der Waals surface area contributed by atoms with E-state index >= 15 is 0 Å². The lowest BCUT2D eigenvalue weighted by Crippen LogP contribution is -2.34. The number of amides is 1. The number of nitrogens with one attached hydrogen (secondary N) is 1. The molecule has 0 saturated carbocycles. The SMILES string of the molecule is CC1CCCN(c2ccc(C(=O)Nc3ccc(F)cc3F)cc2[N+](=O)[O-])C1. The molecule has 0 spiro atoms. The Bertz CT molecular complexity index is 888. The zero-order valence-electron chi connectivity index (χ0n) is 14.7. The van der Waals surface area contributed by atoms with Gasteiger partial charge in [-0.15, -0.1) is 0 Å². The van der Waals surface area contributed by atoms with Crippen LogP contribution in [0.5, 0.6) is 0 Å². The van der Waals surface area contributed by atoms with Gasteiger partial charge in [-0.3, -0.25) is 14.9 Å².